The molecule has 1 saturated heterocycles. The van der Waals surface area contributed by atoms with E-state index in [9.17, 15) is 0 Å². The topological polar surface area (TPSA) is 12.5 Å². The van der Waals surface area contributed by atoms with Crippen molar-refractivity contribution in [2.24, 2.45) is 0 Å². The molecule has 2 nitrogen and oxygen atoms in total. The zero-order valence-corrected chi connectivity index (χ0v) is 13.2. The van der Waals surface area contributed by atoms with E-state index in [0.717, 1.165) is 18.4 Å². The van der Waals surface area contributed by atoms with E-state index in [1.54, 1.807) is 11.3 Å². The van der Waals surface area contributed by atoms with Crippen LogP contribution in [0.1, 0.15) is 30.7 Å². The van der Waals surface area contributed by atoms with Gasteiger partial charge in [0.15, 0.2) is 0 Å². The van der Waals surface area contributed by atoms with Gasteiger partial charge in [0.2, 0.25) is 0 Å². The van der Waals surface area contributed by atoms with Crippen molar-refractivity contribution in [2.45, 2.75) is 31.2 Å². The van der Waals surface area contributed by atoms with Crippen LogP contribution in [0.5, 0.6) is 5.75 Å². The van der Waals surface area contributed by atoms with Gasteiger partial charge < -0.3 is 9.64 Å². The molecule has 4 rings (SSSR count). The van der Waals surface area contributed by atoms with Crippen LogP contribution in [-0.2, 0) is 0 Å². The molecular formula is C18H21NOS. The van der Waals surface area contributed by atoms with Crippen LogP contribution in [0, 0.1) is 0 Å². The van der Waals surface area contributed by atoms with Crippen LogP contribution >= 0.6 is 11.3 Å². The van der Waals surface area contributed by atoms with Gasteiger partial charge in [0, 0.05) is 17.5 Å². The SMILES string of the molecule is CN1CCC[C@@H]1C[C@H]1COc2ccc(-c3ccsc3)cc21. The molecule has 0 amide bonds. The van der Waals surface area contributed by atoms with Gasteiger partial charge in [-0.3, -0.25) is 0 Å². The summed E-state index contributed by atoms with van der Waals surface area (Å²) in [5.41, 5.74) is 4.07. The second-order valence-electron chi connectivity index (χ2n) is 6.28. The summed E-state index contributed by atoms with van der Waals surface area (Å²) in [6.07, 6.45) is 3.92. The fraction of sp³-hybridized carbons (Fsp3) is 0.444. The average Bonchev–Trinajstić information content (AvgIpc) is 3.22. The first-order valence-corrected chi connectivity index (χ1v) is 8.75. The van der Waals surface area contributed by atoms with Crippen molar-refractivity contribution in [3.8, 4) is 16.9 Å². The van der Waals surface area contributed by atoms with E-state index in [-0.39, 0.29) is 0 Å². The van der Waals surface area contributed by atoms with Crippen LogP contribution in [0.4, 0.5) is 0 Å². The summed E-state index contributed by atoms with van der Waals surface area (Å²) in [5, 5.41) is 4.36. The van der Waals surface area contributed by atoms with Gasteiger partial charge in [0.1, 0.15) is 5.75 Å². The van der Waals surface area contributed by atoms with Gasteiger partial charge in [-0.25, -0.2) is 0 Å². The minimum Gasteiger partial charge on any atom is -0.493 e. The molecule has 0 N–H and O–H groups in total. The van der Waals surface area contributed by atoms with Crippen molar-refractivity contribution in [3.05, 3.63) is 40.6 Å². The summed E-state index contributed by atoms with van der Waals surface area (Å²) in [6, 6.07) is 9.62. The van der Waals surface area contributed by atoms with Gasteiger partial charge in [0.05, 0.1) is 6.61 Å². The monoisotopic (exact) mass is 299 g/mol. The Labute approximate surface area is 130 Å². The molecule has 1 fully saturated rings. The van der Waals surface area contributed by atoms with Gasteiger partial charge in [-0.15, -0.1) is 0 Å². The first-order chi connectivity index (χ1) is 10.3. The van der Waals surface area contributed by atoms with Crippen LogP contribution in [-0.4, -0.2) is 31.1 Å². The summed E-state index contributed by atoms with van der Waals surface area (Å²) >= 11 is 1.76. The van der Waals surface area contributed by atoms with Crippen LogP contribution in [0.15, 0.2) is 35.0 Å². The van der Waals surface area contributed by atoms with Crippen molar-refractivity contribution in [2.75, 3.05) is 20.2 Å². The molecule has 2 atom stereocenters. The molecule has 2 aliphatic heterocycles. The molecule has 2 aliphatic rings. The minimum atomic E-state index is 0.559. The fourth-order valence-corrected chi connectivity index (χ4v) is 4.35. The number of rotatable bonds is 3. The zero-order valence-electron chi connectivity index (χ0n) is 12.4. The smallest absolute Gasteiger partial charge is 0.122 e. The molecule has 2 aromatic rings. The standard InChI is InChI=1S/C18H21NOS/c1-19-7-2-3-16(19)9-15-11-20-18-5-4-13(10-17(15)18)14-6-8-21-12-14/h4-6,8,10,12,15-16H,2-3,7,9,11H2,1H3/t15-,16+/m0/s1. The van der Waals surface area contributed by atoms with E-state index in [4.69, 9.17) is 4.74 Å². The minimum absolute atomic E-state index is 0.559. The Morgan fingerprint density at radius 2 is 2.24 bits per heavy atom. The molecule has 1 aromatic carbocycles. The molecule has 0 bridgehead atoms. The number of nitrogens with zero attached hydrogens (tertiary/aromatic N) is 1. The van der Waals surface area contributed by atoms with Gasteiger partial charge in [0.25, 0.3) is 0 Å². The lowest BCUT2D eigenvalue weighted by Crippen LogP contribution is -2.27. The number of ether oxygens (including phenoxy) is 1. The van der Waals surface area contributed by atoms with E-state index < -0.39 is 0 Å². The van der Waals surface area contributed by atoms with Crippen molar-refractivity contribution in [1.29, 1.82) is 0 Å². The molecule has 21 heavy (non-hydrogen) atoms. The molecule has 0 aliphatic carbocycles. The summed E-state index contributed by atoms with van der Waals surface area (Å²) in [4.78, 5) is 2.51. The Morgan fingerprint density at radius 3 is 3.00 bits per heavy atom. The zero-order chi connectivity index (χ0) is 14.2. The Balaban J connectivity index is 1.59. The molecule has 0 unspecified atom stereocenters. The highest BCUT2D eigenvalue weighted by Gasteiger charge is 2.30. The van der Waals surface area contributed by atoms with Crippen LogP contribution < -0.4 is 4.74 Å². The second-order valence-corrected chi connectivity index (χ2v) is 7.06. The van der Waals surface area contributed by atoms with E-state index >= 15 is 0 Å². The predicted molar refractivity (Wildman–Crippen MR) is 88.3 cm³/mol. The largest absolute Gasteiger partial charge is 0.493 e. The number of thiophene rings is 1. The molecule has 3 heteroatoms. The quantitative estimate of drug-likeness (QED) is 0.834. The maximum absolute atomic E-state index is 5.91. The molecule has 0 spiro atoms. The molecule has 110 valence electrons. The third-order valence-electron chi connectivity index (χ3n) is 4.97. The van der Waals surface area contributed by atoms with Crippen LogP contribution in [0.25, 0.3) is 11.1 Å². The Morgan fingerprint density at radius 1 is 1.29 bits per heavy atom. The molecule has 1 aromatic heterocycles. The lowest BCUT2D eigenvalue weighted by Gasteiger charge is -2.22. The maximum atomic E-state index is 5.91. The summed E-state index contributed by atoms with van der Waals surface area (Å²) < 4.78 is 5.91. The lowest BCUT2D eigenvalue weighted by atomic mass is 9.91. The number of hydrogen-bond acceptors (Lipinski definition) is 3. The Hall–Kier alpha value is -1.32. The number of hydrogen-bond donors (Lipinski definition) is 0. The number of likely N-dealkylation sites (tertiary alicyclic amines) is 1. The van der Waals surface area contributed by atoms with E-state index in [1.165, 1.54) is 42.5 Å². The van der Waals surface area contributed by atoms with Gasteiger partial charge >= 0.3 is 0 Å². The van der Waals surface area contributed by atoms with E-state index in [1.807, 2.05) is 0 Å². The lowest BCUT2D eigenvalue weighted by molar-refractivity contribution is 0.257. The first-order valence-electron chi connectivity index (χ1n) is 7.81. The highest BCUT2D eigenvalue weighted by Crippen LogP contribution is 2.40. The molecule has 3 heterocycles. The van der Waals surface area contributed by atoms with E-state index in [0.29, 0.717) is 5.92 Å². The first kappa shape index (κ1) is 13.4. The maximum Gasteiger partial charge on any atom is 0.122 e. The third kappa shape index (κ3) is 2.49. The third-order valence-corrected chi connectivity index (χ3v) is 5.66. The van der Waals surface area contributed by atoms with Crippen molar-refractivity contribution < 1.29 is 4.74 Å². The molecule has 0 radical (unpaired) electrons. The van der Waals surface area contributed by atoms with Crippen molar-refractivity contribution in [3.63, 3.8) is 0 Å². The second kappa shape index (κ2) is 5.47. The average molecular weight is 299 g/mol. The van der Waals surface area contributed by atoms with Crippen LogP contribution in [0.2, 0.25) is 0 Å². The van der Waals surface area contributed by atoms with Gasteiger partial charge in [-0.2, -0.15) is 11.3 Å². The van der Waals surface area contributed by atoms with Crippen molar-refractivity contribution >= 4 is 11.3 Å². The highest BCUT2D eigenvalue weighted by atomic mass is 32.1. The summed E-state index contributed by atoms with van der Waals surface area (Å²) in [7, 11) is 2.26. The van der Waals surface area contributed by atoms with Gasteiger partial charge in [-0.05, 0) is 72.9 Å². The Bertz CT molecular complexity index is 622. The highest BCUT2D eigenvalue weighted by molar-refractivity contribution is 7.08. The predicted octanol–water partition coefficient (Wildman–Crippen LogP) is 4.38. The Kier molecular flexibility index (Phi) is 3.48. The van der Waals surface area contributed by atoms with Crippen molar-refractivity contribution in [1.82, 2.24) is 4.90 Å². The summed E-state index contributed by atoms with van der Waals surface area (Å²) in [6.45, 7) is 2.10. The number of fused-ring (bicyclic) bond motifs is 1. The molecular weight excluding hydrogens is 278 g/mol. The van der Waals surface area contributed by atoms with E-state index in [2.05, 4.69) is 47.0 Å². The normalized spacial score (nSPS) is 25.0. The molecule has 0 saturated carbocycles. The fourth-order valence-electron chi connectivity index (χ4n) is 3.69. The summed E-state index contributed by atoms with van der Waals surface area (Å²) in [5.74, 6) is 1.66. The number of benzene rings is 1. The van der Waals surface area contributed by atoms with Gasteiger partial charge in [-0.1, -0.05) is 6.07 Å². The van der Waals surface area contributed by atoms with Crippen LogP contribution in [0.3, 0.4) is 0 Å².